The smallest absolute Gasteiger partial charge is 0.334 e. The number of aliphatic carboxylic acids is 1. The Morgan fingerprint density at radius 1 is 0.951 bits per heavy atom. The second-order valence-electron chi connectivity index (χ2n) is 11.3. The first-order valence-electron chi connectivity index (χ1n) is 14.7. The summed E-state index contributed by atoms with van der Waals surface area (Å²) in [6, 6.07) is 13.9. The first kappa shape index (κ1) is 30.2. The number of rotatable bonds is 13. The second-order valence-corrected chi connectivity index (χ2v) is 11.3. The highest BCUT2D eigenvalue weighted by Gasteiger charge is 2.38. The summed E-state index contributed by atoms with van der Waals surface area (Å²) in [4.78, 5) is 53.9. The molecule has 2 aliphatic rings. The Kier molecular flexibility index (Phi) is 10.5. The maximum Gasteiger partial charge on any atom is 0.334 e. The SMILES string of the molecule is CCCC(NC(=O)C(Cc1ccccc1)N1Cc2ccccc2C1=O)C(=O)NC(CC1CCCCC1)C(O)C(=O)O. The number of carbonyl (C=O) groups is 4. The van der Waals surface area contributed by atoms with Gasteiger partial charge in [0.2, 0.25) is 11.8 Å². The summed E-state index contributed by atoms with van der Waals surface area (Å²) >= 11 is 0. The number of nitrogens with one attached hydrogen (secondary N) is 2. The lowest BCUT2D eigenvalue weighted by Gasteiger charge is -2.31. The lowest BCUT2D eigenvalue weighted by molar-refractivity contribution is -0.149. The van der Waals surface area contributed by atoms with E-state index in [1.54, 1.807) is 17.0 Å². The van der Waals surface area contributed by atoms with Gasteiger partial charge in [-0.3, -0.25) is 14.4 Å². The van der Waals surface area contributed by atoms with Crippen molar-refractivity contribution in [2.24, 2.45) is 5.92 Å². The first-order valence-corrected chi connectivity index (χ1v) is 14.7. The summed E-state index contributed by atoms with van der Waals surface area (Å²) in [5.41, 5.74) is 2.29. The Labute approximate surface area is 241 Å². The molecule has 1 saturated carbocycles. The van der Waals surface area contributed by atoms with E-state index >= 15 is 0 Å². The van der Waals surface area contributed by atoms with Crippen molar-refractivity contribution in [3.05, 3.63) is 71.3 Å². The summed E-state index contributed by atoms with van der Waals surface area (Å²) in [6.45, 7) is 2.18. The number of nitrogens with zero attached hydrogens (tertiary/aromatic N) is 1. The number of aliphatic hydroxyl groups excluding tert-OH is 1. The minimum atomic E-state index is -1.74. The van der Waals surface area contributed by atoms with Crippen molar-refractivity contribution in [2.45, 2.75) is 95.5 Å². The van der Waals surface area contributed by atoms with Gasteiger partial charge in [-0.05, 0) is 36.0 Å². The number of fused-ring (bicyclic) bond motifs is 1. The molecule has 1 heterocycles. The van der Waals surface area contributed by atoms with Crippen LogP contribution in [-0.2, 0) is 27.3 Å². The third-order valence-electron chi connectivity index (χ3n) is 8.28. The molecule has 1 fully saturated rings. The third kappa shape index (κ3) is 7.73. The normalized spacial score (nSPS) is 18.2. The molecule has 0 aromatic heterocycles. The van der Waals surface area contributed by atoms with E-state index in [4.69, 9.17) is 0 Å². The summed E-state index contributed by atoms with van der Waals surface area (Å²) in [5, 5.41) is 25.5. The quantitative estimate of drug-likeness (QED) is 0.295. The number of hydrogen-bond donors (Lipinski definition) is 4. The fraction of sp³-hybridized carbons (Fsp3) is 0.500. The lowest BCUT2D eigenvalue weighted by atomic mass is 9.83. The molecule has 9 nitrogen and oxygen atoms in total. The molecule has 1 aliphatic carbocycles. The Balaban J connectivity index is 1.52. The van der Waals surface area contributed by atoms with Crippen molar-refractivity contribution < 1.29 is 29.4 Å². The van der Waals surface area contributed by atoms with Crippen LogP contribution in [0.25, 0.3) is 0 Å². The van der Waals surface area contributed by atoms with E-state index in [1.165, 1.54) is 0 Å². The largest absolute Gasteiger partial charge is 0.479 e. The van der Waals surface area contributed by atoms with Crippen LogP contribution in [0.2, 0.25) is 0 Å². The minimum Gasteiger partial charge on any atom is -0.479 e. The molecule has 41 heavy (non-hydrogen) atoms. The van der Waals surface area contributed by atoms with Crippen LogP contribution in [0.15, 0.2) is 54.6 Å². The molecule has 4 rings (SSSR count). The van der Waals surface area contributed by atoms with Gasteiger partial charge in [0.25, 0.3) is 5.91 Å². The highest BCUT2D eigenvalue weighted by atomic mass is 16.4. The Morgan fingerprint density at radius 3 is 2.29 bits per heavy atom. The molecule has 220 valence electrons. The van der Waals surface area contributed by atoms with Crippen LogP contribution in [0, 0.1) is 5.92 Å². The molecule has 2 aromatic carbocycles. The average Bonchev–Trinajstić information content (AvgIpc) is 3.31. The molecule has 4 unspecified atom stereocenters. The molecule has 0 spiro atoms. The molecule has 3 amide bonds. The van der Waals surface area contributed by atoms with Crippen molar-refractivity contribution in [3.63, 3.8) is 0 Å². The molecular formula is C32H41N3O6. The van der Waals surface area contributed by atoms with Crippen molar-refractivity contribution in [1.29, 1.82) is 0 Å². The van der Waals surface area contributed by atoms with Gasteiger partial charge in [-0.2, -0.15) is 0 Å². The van der Waals surface area contributed by atoms with E-state index in [2.05, 4.69) is 10.6 Å². The third-order valence-corrected chi connectivity index (χ3v) is 8.28. The topological polar surface area (TPSA) is 136 Å². The van der Waals surface area contributed by atoms with Gasteiger partial charge in [-0.1, -0.05) is 94.0 Å². The number of amides is 3. The van der Waals surface area contributed by atoms with Gasteiger partial charge >= 0.3 is 5.97 Å². The van der Waals surface area contributed by atoms with Crippen molar-refractivity contribution in [3.8, 4) is 0 Å². The van der Waals surface area contributed by atoms with Crippen molar-refractivity contribution >= 4 is 23.7 Å². The van der Waals surface area contributed by atoms with Crippen LogP contribution >= 0.6 is 0 Å². The lowest BCUT2D eigenvalue weighted by Crippen LogP contribution is -2.57. The van der Waals surface area contributed by atoms with Gasteiger partial charge in [0.15, 0.2) is 6.10 Å². The van der Waals surface area contributed by atoms with Gasteiger partial charge in [-0.25, -0.2) is 4.79 Å². The van der Waals surface area contributed by atoms with Gasteiger partial charge in [0, 0.05) is 18.5 Å². The summed E-state index contributed by atoms with van der Waals surface area (Å²) in [7, 11) is 0. The number of aliphatic hydroxyl groups is 1. The zero-order chi connectivity index (χ0) is 29.4. The number of carboxylic acids is 1. The molecule has 0 saturated heterocycles. The summed E-state index contributed by atoms with van der Waals surface area (Å²) < 4.78 is 0. The van der Waals surface area contributed by atoms with E-state index in [0.29, 0.717) is 31.4 Å². The van der Waals surface area contributed by atoms with Gasteiger partial charge in [-0.15, -0.1) is 0 Å². The number of carbonyl (C=O) groups excluding carboxylic acids is 3. The van der Waals surface area contributed by atoms with E-state index < -0.39 is 42.0 Å². The van der Waals surface area contributed by atoms with Crippen LogP contribution in [-0.4, -0.2) is 63.0 Å². The maximum absolute atomic E-state index is 13.8. The second kappa shape index (κ2) is 14.3. The predicted molar refractivity (Wildman–Crippen MR) is 154 cm³/mol. The van der Waals surface area contributed by atoms with Crippen molar-refractivity contribution in [2.75, 3.05) is 0 Å². The van der Waals surface area contributed by atoms with Crippen LogP contribution in [0.4, 0.5) is 0 Å². The molecular weight excluding hydrogens is 522 g/mol. The Hall–Kier alpha value is -3.72. The number of carboxylic acid groups (broad SMARTS) is 1. The van der Waals surface area contributed by atoms with Crippen LogP contribution in [0.5, 0.6) is 0 Å². The maximum atomic E-state index is 13.8. The molecule has 9 heteroatoms. The van der Waals surface area contributed by atoms with E-state index in [0.717, 1.165) is 43.2 Å². The molecule has 4 atom stereocenters. The molecule has 4 N–H and O–H groups in total. The van der Waals surface area contributed by atoms with Crippen LogP contribution in [0.3, 0.4) is 0 Å². The van der Waals surface area contributed by atoms with E-state index in [1.807, 2.05) is 49.4 Å². The number of hydrogen-bond acceptors (Lipinski definition) is 5. The monoisotopic (exact) mass is 563 g/mol. The highest BCUT2D eigenvalue weighted by Crippen LogP contribution is 2.29. The average molecular weight is 564 g/mol. The van der Waals surface area contributed by atoms with Crippen molar-refractivity contribution in [1.82, 2.24) is 15.5 Å². The zero-order valence-corrected chi connectivity index (χ0v) is 23.6. The molecule has 1 aliphatic heterocycles. The standard InChI is InChI=1S/C32H41N3O6/c1-2-11-25(29(37)34-26(28(36)32(40)41)18-21-12-5-3-6-13-21)33-30(38)27(19-22-14-7-4-8-15-22)35-20-23-16-9-10-17-24(23)31(35)39/h4,7-10,14-17,21,25-28,36H,2-3,5-6,11-13,18-20H2,1H3,(H,33,38)(H,34,37)(H,40,41). The molecule has 2 aromatic rings. The fourth-order valence-electron chi connectivity index (χ4n) is 6.04. The first-order chi connectivity index (χ1) is 19.8. The Morgan fingerprint density at radius 2 is 1.63 bits per heavy atom. The predicted octanol–water partition coefficient (Wildman–Crippen LogP) is 3.44. The molecule has 0 radical (unpaired) electrons. The number of benzene rings is 2. The van der Waals surface area contributed by atoms with E-state index in [-0.39, 0.29) is 18.2 Å². The zero-order valence-electron chi connectivity index (χ0n) is 23.6. The highest BCUT2D eigenvalue weighted by molar-refractivity contribution is 6.01. The van der Waals surface area contributed by atoms with Gasteiger partial charge in [0.05, 0.1) is 6.04 Å². The fourth-order valence-corrected chi connectivity index (χ4v) is 6.04. The van der Waals surface area contributed by atoms with Crippen LogP contribution < -0.4 is 10.6 Å². The summed E-state index contributed by atoms with van der Waals surface area (Å²) in [5.74, 6) is -2.38. The van der Waals surface area contributed by atoms with E-state index in [9.17, 15) is 29.4 Å². The van der Waals surface area contributed by atoms with Crippen LogP contribution in [0.1, 0.15) is 79.8 Å². The molecule has 0 bridgehead atoms. The van der Waals surface area contributed by atoms with Gasteiger partial charge in [0.1, 0.15) is 12.1 Å². The minimum absolute atomic E-state index is 0.223. The van der Waals surface area contributed by atoms with Gasteiger partial charge < -0.3 is 25.7 Å². The Bertz CT molecular complexity index is 1210. The summed E-state index contributed by atoms with van der Waals surface area (Å²) in [6.07, 6.45) is 4.89.